The zero-order valence-electron chi connectivity index (χ0n) is 20.1. The molecule has 8 nitrogen and oxygen atoms in total. The Morgan fingerprint density at radius 3 is 1.91 bits per heavy atom. The molecule has 2 atom stereocenters. The van der Waals surface area contributed by atoms with Crippen LogP contribution >= 0.6 is 0 Å². The van der Waals surface area contributed by atoms with Gasteiger partial charge >= 0.3 is 12.1 Å². The topological polar surface area (TPSA) is 116 Å². The summed E-state index contributed by atoms with van der Waals surface area (Å²) >= 11 is 0. The number of nitrogens with zero attached hydrogens (tertiary/aromatic N) is 1. The molecule has 2 rings (SSSR count). The van der Waals surface area contributed by atoms with Crippen molar-refractivity contribution < 1.29 is 28.7 Å². The van der Waals surface area contributed by atoms with Crippen molar-refractivity contribution in [2.75, 3.05) is 0 Å². The maximum absolute atomic E-state index is 13.9. The number of benzene rings is 1. The summed E-state index contributed by atoms with van der Waals surface area (Å²) in [7, 11) is 0. The van der Waals surface area contributed by atoms with Gasteiger partial charge in [0.2, 0.25) is 11.2 Å². The number of ketones is 1. The smallest absolute Gasteiger partial charge is 0.419 e. The van der Waals surface area contributed by atoms with Crippen molar-refractivity contribution in [3.8, 4) is 0 Å². The Morgan fingerprint density at radius 1 is 0.969 bits per heavy atom. The lowest BCUT2D eigenvalue weighted by Gasteiger charge is -2.35. The van der Waals surface area contributed by atoms with Gasteiger partial charge in [-0.15, -0.1) is 0 Å². The van der Waals surface area contributed by atoms with E-state index in [9.17, 15) is 19.2 Å². The lowest BCUT2D eigenvalue weighted by molar-refractivity contribution is -0.172. The molecule has 1 aliphatic heterocycles. The predicted molar refractivity (Wildman–Crippen MR) is 118 cm³/mol. The van der Waals surface area contributed by atoms with Gasteiger partial charge in [0, 0.05) is 6.42 Å². The first-order valence-corrected chi connectivity index (χ1v) is 10.7. The summed E-state index contributed by atoms with van der Waals surface area (Å²) < 4.78 is 10.9. The van der Waals surface area contributed by atoms with Gasteiger partial charge in [-0.05, 0) is 53.0 Å². The van der Waals surface area contributed by atoms with Crippen LogP contribution in [0.25, 0.3) is 0 Å². The standard InChI is InChI=1S/C24H34N2O6/c1-15(2)24(25)17(27)23(19(29)31-21(3,4)5,14-16-12-10-9-11-13-16)18(28)26(24)20(30)32-22(6,7)8/h9-13,15H,14,25H2,1-8H3. The van der Waals surface area contributed by atoms with Crippen LogP contribution in [0, 0.1) is 11.3 Å². The Hall–Kier alpha value is -2.74. The molecule has 1 aliphatic rings. The number of Topliss-reactive ketones (excluding diaryl/α,β-unsaturated/α-hetero) is 1. The number of nitrogens with two attached hydrogens (primary N) is 1. The summed E-state index contributed by atoms with van der Waals surface area (Å²) in [6.45, 7) is 13.0. The van der Waals surface area contributed by atoms with Crippen LogP contribution in [0.5, 0.6) is 0 Å². The third-order valence-corrected chi connectivity index (χ3v) is 5.21. The highest BCUT2D eigenvalue weighted by molar-refractivity contribution is 6.31. The SMILES string of the molecule is CC(C)C1(N)C(=O)C(Cc2ccccc2)(C(=O)OC(C)(C)C)C(=O)N1C(=O)OC(C)(C)C. The van der Waals surface area contributed by atoms with Crippen molar-refractivity contribution in [3.63, 3.8) is 0 Å². The quantitative estimate of drug-likeness (QED) is 0.557. The summed E-state index contributed by atoms with van der Waals surface area (Å²) in [5.41, 5.74) is 0.711. The lowest BCUT2D eigenvalue weighted by Crippen LogP contribution is -2.63. The number of imide groups is 1. The van der Waals surface area contributed by atoms with E-state index in [1.54, 1.807) is 85.7 Å². The summed E-state index contributed by atoms with van der Waals surface area (Å²) in [5, 5.41) is 0. The average molecular weight is 447 g/mol. The van der Waals surface area contributed by atoms with Crippen LogP contribution in [-0.2, 0) is 30.3 Å². The Morgan fingerprint density at radius 2 is 1.47 bits per heavy atom. The van der Waals surface area contributed by atoms with E-state index < -0.39 is 52.0 Å². The van der Waals surface area contributed by atoms with Gasteiger partial charge in [0.05, 0.1) is 0 Å². The van der Waals surface area contributed by atoms with Gasteiger partial charge in [0.25, 0.3) is 5.91 Å². The largest absolute Gasteiger partial charge is 0.459 e. The molecule has 8 heteroatoms. The average Bonchev–Trinajstić information content (AvgIpc) is 2.79. The van der Waals surface area contributed by atoms with E-state index in [2.05, 4.69) is 0 Å². The highest BCUT2D eigenvalue weighted by Gasteiger charge is 2.73. The third kappa shape index (κ3) is 4.55. The van der Waals surface area contributed by atoms with E-state index in [-0.39, 0.29) is 6.42 Å². The number of amides is 2. The fraction of sp³-hybridized carbons (Fsp3) is 0.583. The summed E-state index contributed by atoms with van der Waals surface area (Å²) in [6.07, 6.45) is -1.36. The number of carbonyl (C=O) groups excluding carboxylic acids is 4. The first kappa shape index (κ1) is 25.5. The van der Waals surface area contributed by atoms with E-state index in [0.717, 1.165) is 0 Å². The Labute approximate surface area is 189 Å². The second-order valence-electron chi connectivity index (χ2n) is 10.5. The summed E-state index contributed by atoms with van der Waals surface area (Å²) in [6, 6.07) is 8.61. The first-order chi connectivity index (χ1) is 14.5. The Kier molecular flexibility index (Phi) is 6.63. The maximum Gasteiger partial charge on any atom is 0.419 e. The highest BCUT2D eigenvalue weighted by Crippen LogP contribution is 2.45. The number of rotatable bonds is 4. The third-order valence-electron chi connectivity index (χ3n) is 5.21. The Balaban J connectivity index is 2.74. The van der Waals surface area contributed by atoms with Gasteiger partial charge in [-0.2, -0.15) is 0 Å². The fourth-order valence-corrected chi connectivity index (χ4v) is 3.64. The maximum atomic E-state index is 13.9. The van der Waals surface area contributed by atoms with Crippen molar-refractivity contribution in [1.82, 2.24) is 4.90 Å². The lowest BCUT2D eigenvalue weighted by atomic mass is 9.74. The molecular weight excluding hydrogens is 412 g/mol. The van der Waals surface area contributed by atoms with E-state index in [1.807, 2.05) is 0 Å². The van der Waals surface area contributed by atoms with Gasteiger partial charge in [0.15, 0.2) is 5.66 Å². The molecule has 0 saturated carbocycles. The van der Waals surface area contributed by atoms with E-state index >= 15 is 0 Å². The van der Waals surface area contributed by atoms with Gasteiger partial charge < -0.3 is 15.2 Å². The van der Waals surface area contributed by atoms with Crippen molar-refractivity contribution >= 4 is 23.8 Å². The molecule has 1 fully saturated rings. The number of hydrogen-bond donors (Lipinski definition) is 1. The minimum absolute atomic E-state index is 0.286. The number of esters is 1. The molecule has 176 valence electrons. The predicted octanol–water partition coefficient (Wildman–Crippen LogP) is 3.21. The van der Waals surface area contributed by atoms with Crippen LogP contribution < -0.4 is 5.73 Å². The molecule has 1 aromatic carbocycles. The van der Waals surface area contributed by atoms with Gasteiger partial charge in [0.1, 0.15) is 11.2 Å². The van der Waals surface area contributed by atoms with Crippen LogP contribution in [0.1, 0.15) is 61.0 Å². The van der Waals surface area contributed by atoms with E-state index in [1.165, 1.54) is 0 Å². The molecule has 1 heterocycles. The minimum Gasteiger partial charge on any atom is -0.459 e. The van der Waals surface area contributed by atoms with E-state index in [4.69, 9.17) is 15.2 Å². The molecule has 0 bridgehead atoms. The minimum atomic E-state index is -2.31. The van der Waals surface area contributed by atoms with Crippen LogP contribution in [0.15, 0.2) is 30.3 Å². The highest BCUT2D eigenvalue weighted by atomic mass is 16.6. The molecule has 0 spiro atoms. The second kappa shape index (κ2) is 8.31. The van der Waals surface area contributed by atoms with Gasteiger partial charge in [-0.1, -0.05) is 44.2 Å². The molecule has 32 heavy (non-hydrogen) atoms. The number of likely N-dealkylation sites (tertiary alicyclic amines) is 1. The summed E-state index contributed by atoms with van der Waals surface area (Å²) in [5.74, 6) is -3.64. The van der Waals surface area contributed by atoms with Crippen LogP contribution in [0.3, 0.4) is 0 Å². The van der Waals surface area contributed by atoms with Gasteiger partial charge in [-0.25, -0.2) is 9.69 Å². The summed E-state index contributed by atoms with van der Waals surface area (Å²) in [4.78, 5) is 54.9. The van der Waals surface area contributed by atoms with Crippen molar-refractivity contribution in [1.29, 1.82) is 0 Å². The normalized spacial score (nSPS) is 24.1. The molecule has 1 aromatic rings. The van der Waals surface area contributed by atoms with Gasteiger partial charge in [-0.3, -0.25) is 14.4 Å². The van der Waals surface area contributed by atoms with Crippen LogP contribution in [0.4, 0.5) is 4.79 Å². The van der Waals surface area contributed by atoms with Crippen molar-refractivity contribution in [3.05, 3.63) is 35.9 Å². The van der Waals surface area contributed by atoms with Crippen LogP contribution in [-0.4, -0.2) is 45.5 Å². The van der Waals surface area contributed by atoms with Crippen LogP contribution in [0.2, 0.25) is 0 Å². The number of ether oxygens (including phenoxy) is 2. The molecule has 2 unspecified atom stereocenters. The molecule has 0 aromatic heterocycles. The molecular formula is C24H34N2O6. The first-order valence-electron chi connectivity index (χ1n) is 10.7. The van der Waals surface area contributed by atoms with E-state index in [0.29, 0.717) is 10.5 Å². The Bertz CT molecular complexity index is 913. The number of carbonyl (C=O) groups is 4. The van der Waals surface area contributed by atoms with Crippen molar-refractivity contribution in [2.45, 2.75) is 78.7 Å². The molecule has 0 radical (unpaired) electrons. The molecule has 2 N–H and O–H groups in total. The second-order valence-corrected chi connectivity index (χ2v) is 10.5. The zero-order valence-corrected chi connectivity index (χ0v) is 20.1. The molecule has 0 aliphatic carbocycles. The van der Waals surface area contributed by atoms with Crippen molar-refractivity contribution in [2.24, 2.45) is 17.1 Å². The fourth-order valence-electron chi connectivity index (χ4n) is 3.64. The monoisotopic (exact) mass is 446 g/mol. The number of hydrogen-bond acceptors (Lipinski definition) is 7. The zero-order chi connectivity index (χ0) is 24.7. The molecule has 1 saturated heterocycles. The molecule has 2 amide bonds.